The first-order chi connectivity index (χ1) is 17.5. The molecule has 5 aromatic rings. The number of nitrogens with one attached hydrogen (secondary N) is 1. The summed E-state index contributed by atoms with van der Waals surface area (Å²) in [5, 5.41) is 13.7. The number of benzene rings is 2. The quantitative estimate of drug-likeness (QED) is 0.216. The van der Waals surface area contributed by atoms with E-state index in [0.717, 1.165) is 44.2 Å². The fraction of sp³-hybridized carbons (Fsp3) is 0.192. The van der Waals surface area contributed by atoms with Crippen molar-refractivity contribution in [3.8, 4) is 0 Å². The van der Waals surface area contributed by atoms with E-state index < -0.39 is 5.97 Å². The summed E-state index contributed by atoms with van der Waals surface area (Å²) in [6.45, 7) is 3.97. The third kappa shape index (κ3) is 5.09. The number of para-hydroxylation sites is 1. The van der Waals surface area contributed by atoms with Gasteiger partial charge in [-0.15, -0.1) is 10.2 Å². The van der Waals surface area contributed by atoms with Crippen molar-refractivity contribution in [3.05, 3.63) is 82.4 Å². The molecule has 0 atom stereocenters. The molecule has 0 unspecified atom stereocenters. The number of carbonyl (C=O) groups is 2. The molecule has 1 N–H and O–H groups in total. The van der Waals surface area contributed by atoms with E-state index in [9.17, 15) is 9.59 Å². The predicted octanol–water partition coefficient (Wildman–Crippen LogP) is 5.43. The van der Waals surface area contributed by atoms with Crippen molar-refractivity contribution in [2.24, 2.45) is 0 Å². The van der Waals surface area contributed by atoms with Gasteiger partial charge in [0.1, 0.15) is 11.5 Å². The van der Waals surface area contributed by atoms with E-state index in [1.54, 1.807) is 6.92 Å². The Balaban J connectivity index is 1.18. The van der Waals surface area contributed by atoms with Crippen molar-refractivity contribution in [1.82, 2.24) is 19.6 Å². The molecule has 8 nitrogen and oxygen atoms in total. The van der Waals surface area contributed by atoms with E-state index >= 15 is 0 Å². The van der Waals surface area contributed by atoms with Crippen LogP contribution in [-0.2, 0) is 16.1 Å². The lowest BCUT2D eigenvalue weighted by molar-refractivity contribution is -0.115. The van der Waals surface area contributed by atoms with Gasteiger partial charge in [0.25, 0.3) is 0 Å². The van der Waals surface area contributed by atoms with Crippen LogP contribution in [-0.4, -0.2) is 37.2 Å². The second-order valence-electron chi connectivity index (χ2n) is 8.16. The highest BCUT2D eigenvalue weighted by Gasteiger charge is 2.18. The van der Waals surface area contributed by atoms with Gasteiger partial charge in [0, 0.05) is 17.6 Å². The largest absolute Gasteiger partial charge is 0.457 e. The molecule has 0 saturated heterocycles. The molecule has 0 aliphatic rings. The molecular formula is C26H23N5O3S2. The molecule has 10 heteroatoms. The van der Waals surface area contributed by atoms with Crippen molar-refractivity contribution in [2.75, 3.05) is 11.1 Å². The van der Waals surface area contributed by atoms with Gasteiger partial charge in [-0.2, -0.15) is 0 Å². The first-order valence-corrected chi connectivity index (χ1v) is 13.1. The molecule has 0 aliphatic heterocycles. The summed E-state index contributed by atoms with van der Waals surface area (Å²) in [5.74, 6) is -0.119. The maximum atomic E-state index is 12.5. The Bertz CT molecular complexity index is 1560. The molecule has 3 heterocycles. The van der Waals surface area contributed by atoms with E-state index in [2.05, 4.69) is 33.5 Å². The lowest BCUT2D eigenvalue weighted by atomic mass is 10.1. The predicted molar refractivity (Wildman–Crippen MR) is 142 cm³/mol. The van der Waals surface area contributed by atoms with Crippen LogP contribution < -0.4 is 5.32 Å². The zero-order valence-electron chi connectivity index (χ0n) is 19.7. The summed E-state index contributed by atoms with van der Waals surface area (Å²) < 4.78 is 7.41. The fourth-order valence-electron chi connectivity index (χ4n) is 3.81. The van der Waals surface area contributed by atoms with Crippen LogP contribution in [0.3, 0.4) is 0 Å². The van der Waals surface area contributed by atoms with Crippen LogP contribution in [0, 0.1) is 13.8 Å². The summed E-state index contributed by atoms with van der Waals surface area (Å²) in [4.78, 5) is 29.7. The Morgan fingerprint density at radius 1 is 1.06 bits per heavy atom. The molecule has 0 aliphatic carbocycles. The molecule has 5 rings (SSSR count). The van der Waals surface area contributed by atoms with Crippen LogP contribution in [0.1, 0.15) is 32.9 Å². The highest BCUT2D eigenvalue weighted by molar-refractivity contribution is 7.99. The van der Waals surface area contributed by atoms with Crippen molar-refractivity contribution >= 4 is 56.7 Å². The average Bonchev–Trinajstić information content (AvgIpc) is 3.46. The number of rotatable bonds is 8. The Hall–Kier alpha value is -3.76. The molecule has 0 bridgehead atoms. The Labute approximate surface area is 215 Å². The molecule has 0 radical (unpaired) electrons. The highest BCUT2D eigenvalue weighted by Crippen LogP contribution is 2.27. The van der Waals surface area contributed by atoms with Gasteiger partial charge in [0.2, 0.25) is 5.91 Å². The van der Waals surface area contributed by atoms with E-state index in [4.69, 9.17) is 4.74 Å². The number of aromatic nitrogens is 4. The number of amides is 1. The smallest absolute Gasteiger partial charge is 0.350 e. The minimum Gasteiger partial charge on any atom is -0.457 e. The zero-order valence-corrected chi connectivity index (χ0v) is 21.4. The van der Waals surface area contributed by atoms with Gasteiger partial charge in [0.15, 0.2) is 15.9 Å². The molecule has 0 spiro atoms. The number of hydrogen-bond acceptors (Lipinski definition) is 8. The van der Waals surface area contributed by atoms with Crippen LogP contribution >= 0.6 is 23.1 Å². The number of thiazole rings is 1. The second kappa shape index (κ2) is 10.5. The van der Waals surface area contributed by atoms with Gasteiger partial charge in [0.05, 0.1) is 11.2 Å². The number of fused-ring (bicyclic) bond motifs is 3. The molecule has 0 saturated carbocycles. The van der Waals surface area contributed by atoms with Crippen LogP contribution in [0.2, 0.25) is 0 Å². The van der Waals surface area contributed by atoms with Gasteiger partial charge in [-0.05, 0) is 37.1 Å². The van der Waals surface area contributed by atoms with Gasteiger partial charge in [-0.25, -0.2) is 9.78 Å². The molecule has 0 fully saturated rings. The Morgan fingerprint density at radius 3 is 2.67 bits per heavy atom. The Kier molecular flexibility index (Phi) is 6.97. The number of carbonyl (C=O) groups excluding carboxylic acids is 2. The van der Waals surface area contributed by atoms with Crippen LogP contribution in [0.15, 0.2) is 65.8 Å². The summed E-state index contributed by atoms with van der Waals surface area (Å²) in [7, 11) is 0. The van der Waals surface area contributed by atoms with E-state index in [-0.39, 0.29) is 18.9 Å². The lowest BCUT2D eigenvalue weighted by Gasteiger charge is -2.07. The number of nitrogens with zero attached hydrogens (tertiary/aromatic N) is 4. The van der Waals surface area contributed by atoms with Crippen molar-refractivity contribution < 1.29 is 14.3 Å². The SMILES string of the molecule is Cc1nc(NC(=O)CCSc2nnc3cc(C)c4ccccc4n23)sc1C(=O)OCc1ccccc1. The monoisotopic (exact) mass is 517 g/mol. The first kappa shape index (κ1) is 24.0. The molecule has 1 amide bonds. The number of pyridine rings is 1. The topological polar surface area (TPSA) is 98.5 Å². The van der Waals surface area contributed by atoms with E-state index in [1.165, 1.54) is 11.8 Å². The number of thioether (sulfide) groups is 1. The van der Waals surface area contributed by atoms with Gasteiger partial charge in [-0.3, -0.25) is 9.20 Å². The van der Waals surface area contributed by atoms with Gasteiger partial charge >= 0.3 is 5.97 Å². The number of ether oxygens (including phenoxy) is 1. The lowest BCUT2D eigenvalue weighted by Crippen LogP contribution is -2.12. The number of esters is 1. The fourth-order valence-corrected chi connectivity index (χ4v) is 5.58. The minimum atomic E-state index is -0.453. The molecule has 36 heavy (non-hydrogen) atoms. The third-order valence-corrected chi connectivity index (χ3v) is 7.56. The minimum absolute atomic E-state index is 0.183. The number of anilines is 1. The van der Waals surface area contributed by atoms with Crippen LogP contribution in [0.25, 0.3) is 16.6 Å². The van der Waals surface area contributed by atoms with Gasteiger partial charge < -0.3 is 10.1 Å². The van der Waals surface area contributed by atoms with E-state index in [0.29, 0.717) is 21.5 Å². The maximum Gasteiger partial charge on any atom is 0.350 e. The van der Waals surface area contributed by atoms with Gasteiger partial charge in [-0.1, -0.05) is 71.6 Å². The standard InChI is InChI=1S/C26H23N5O3S2/c1-16-14-21-29-30-26(31(21)20-11-7-6-10-19(16)20)35-13-12-22(32)28-25-27-17(2)23(36-25)24(33)34-15-18-8-4-3-5-9-18/h3-11,14H,12-13,15H2,1-2H3,(H,27,28,32). The Morgan fingerprint density at radius 2 is 1.83 bits per heavy atom. The third-order valence-electron chi connectivity index (χ3n) is 5.58. The van der Waals surface area contributed by atoms with Crippen LogP contribution in [0.4, 0.5) is 5.13 Å². The van der Waals surface area contributed by atoms with Crippen molar-refractivity contribution in [2.45, 2.75) is 32.0 Å². The molecule has 3 aromatic heterocycles. The zero-order chi connectivity index (χ0) is 25.1. The van der Waals surface area contributed by atoms with E-state index in [1.807, 2.05) is 59.0 Å². The summed E-state index contributed by atoms with van der Waals surface area (Å²) in [6, 6.07) is 19.6. The maximum absolute atomic E-state index is 12.5. The highest BCUT2D eigenvalue weighted by atomic mass is 32.2. The molecule has 2 aromatic carbocycles. The van der Waals surface area contributed by atoms with Crippen LogP contribution in [0.5, 0.6) is 0 Å². The summed E-state index contributed by atoms with van der Waals surface area (Å²) in [6.07, 6.45) is 0.260. The van der Waals surface area contributed by atoms with Crippen molar-refractivity contribution in [1.29, 1.82) is 0 Å². The molecular weight excluding hydrogens is 494 g/mol. The summed E-state index contributed by atoms with van der Waals surface area (Å²) >= 11 is 2.59. The normalized spacial score (nSPS) is 11.2. The van der Waals surface area contributed by atoms with Crippen molar-refractivity contribution in [3.63, 3.8) is 0 Å². The average molecular weight is 518 g/mol. The first-order valence-electron chi connectivity index (χ1n) is 11.3. The number of aryl methyl sites for hydroxylation is 2. The number of hydrogen-bond donors (Lipinski definition) is 1. The molecule has 182 valence electrons. The second-order valence-corrected chi connectivity index (χ2v) is 10.2. The summed E-state index contributed by atoms with van der Waals surface area (Å²) in [5.41, 5.74) is 4.39.